The van der Waals surface area contributed by atoms with Crippen LogP contribution in [0, 0.1) is 0 Å². The third kappa shape index (κ3) is 2.59. The van der Waals surface area contributed by atoms with Crippen LogP contribution in [0.1, 0.15) is 10.6 Å². The number of aromatic nitrogens is 2. The molecule has 5 heteroatoms. The van der Waals surface area contributed by atoms with E-state index >= 15 is 0 Å². The van der Waals surface area contributed by atoms with Gasteiger partial charge in [-0.05, 0) is 17.2 Å². The van der Waals surface area contributed by atoms with Crippen LogP contribution >= 0.6 is 11.3 Å². The van der Waals surface area contributed by atoms with Gasteiger partial charge in [0.2, 0.25) is 0 Å². The van der Waals surface area contributed by atoms with Gasteiger partial charge in [-0.15, -0.1) is 11.3 Å². The second-order valence-electron chi connectivity index (χ2n) is 5.54. The molecule has 0 saturated carbocycles. The van der Waals surface area contributed by atoms with Crippen molar-refractivity contribution in [2.75, 3.05) is 5.73 Å². The van der Waals surface area contributed by atoms with E-state index in [1.54, 1.807) is 23.6 Å². The largest absolute Gasteiger partial charge is 0.506 e. The summed E-state index contributed by atoms with van der Waals surface area (Å²) in [6.45, 7) is 0. The Kier molecular flexibility index (Phi) is 3.63. The van der Waals surface area contributed by atoms with E-state index in [2.05, 4.69) is 4.98 Å². The number of benzene rings is 2. The van der Waals surface area contributed by atoms with Crippen molar-refractivity contribution >= 4 is 27.2 Å². The lowest BCUT2D eigenvalue weighted by molar-refractivity contribution is 0.479. The molecule has 3 N–H and O–H groups in total. The Morgan fingerprint density at radius 1 is 1.08 bits per heavy atom. The van der Waals surface area contributed by atoms with E-state index in [0.717, 1.165) is 31.9 Å². The van der Waals surface area contributed by atoms with Crippen LogP contribution in [0.2, 0.25) is 0 Å². The number of phenolic OH excluding ortho intramolecular Hbond substituents is 1. The summed E-state index contributed by atoms with van der Waals surface area (Å²) < 4.78 is 0.930. The molecule has 0 fully saturated rings. The summed E-state index contributed by atoms with van der Waals surface area (Å²) in [5.41, 5.74) is 10.2. The predicted molar refractivity (Wildman–Crippen MR) is 98.2 cm³/mol. The first-order valence-corrected chi connectivity index (χ1v) is 8.39. The average Bonchev–Trinajstić information content (AvgIpc) is 2.99. The third-order valence-electron chi connectivity index (χ3n) is 3.89. The Morgan fingerprint density at radius 3 is 2.67 bits per heavy atom. The number of rotatable bonds is 3. The molecule has 24 heavy (non-hydrogen) atoms. The maximum absolute atomic E-state index is 10.2. The molecule has 2 heterocycles. The Balaban J connectivity index is 1.87. The molecule has 4 nitrogen and oxygen atoms in total. The van der Waals surface area contributed by atoms with Crippen LogP contribution in [-0.4, -0.2) is 15.1 Å². The zero-order valence-electron chi connectivity index (χ0n) is 12.8. The van der Waals surface area contributed by atoms with Gasteiger partial charge in [-0.3, -0.25) is 4.98 Å². The number of nitrogens with two attached hydrogens (primary N) is 1. The van der Waals surface area contributed by atoms with Crippen LogP contribution in [0.4, 0.5) is 5.69 Å². The standard InChI is InChI=1S/C19H15N3OS/c20-18-14(23)10-15-19(17(18)13-6-2-1-3-7-13)22-16(24-15)9-12-5-4-8-21-11-12/h1-8,10-11,23H,9,20H2. The number of thiazole rings is 1. The molecule has 0 aliphatic carbocycles. The highest BCUT2D eigenvalue weighted by atomic mass is 32.1. The van der Waals surface area contributed by atoms with Crippen LogP contribution in [0.3, 0.4) is 0 Å². The molecular weight excluding hydrogens is 318 g/mol. The summed E-state index contributed by atoms with van der Waals surface area (Å²) in [7, 11) is 0. The predicted octanol–water partition coefficient (Wildman–Crippen LogP) is 4.24. The number of phenols is 1. The molecule has 2 aromatic carbocycles. The van der Waals surface area contributed by atoms with Gasteiger partial charge in [-0.25, -0.2) is 4.98 Å². The molecule has 4 rings (SSSR count). The number of nitrogen functional groups attached to an aromatic ring is 1. The average molecular weight is 333 g/mol. The van der Waals surface area contributed by atoms with Crippen molar-refractivity contribution in [3.8, 4) is 16.9 Å². The van der Waals surface area contributed by atoms with Gasteiger partial charge < -0.3 is 10.8 Å². The van der Waals surface area contributed by atoms with E-state index in [-0.39, 0.29) is 5.75 Å². The molecule has 0 bridgehead atoms. The maximum Gasteiger partial charge on any atom is 0.140 e. The van der Waals surface area contributed by atoms with Gasteiger partial charge in [0.25, 0.3) is 0 Å². The number of hydrogen-bond acceptors (Lipinski definition) is 5. The second kappa shape index (κ2) is 5.94. The lowest BCUT2D eigenvalue weighted by Crippen LogP contribution is -1.93. The van der Waals surface area contributed by atoms with Crippen molar-refractivity contribution in [2.45, 2.75) is 6.42 Å². The van der Waals surface area contributed by atoms with Crippen LogP contribution < -0.4 is 5.73 Å². The van der Waals surface area contributed by atoms with Gasteiger partial charge in [-0.2, -0.15) is 0 Å². The first-order valence-electron chi connectivity index (χ1n) is 7.57. The minimum atomic E-state index is 0.0953. The molecule has 0 atom stereocenters. The van der Waals surface area contributed by atoms with Gasteiger partial charge in [0, 0.05) is 30.4 Å². The summed E-state index contributed by atoms with van der Waals surface area (Å²) >= 11 is 1.57. The zero-order valence-corrected chi connectivity index (χ0v) is 13.6. The first-order chi connectivity index (χ1) is 11.7. The van der Waals surface area contributed by atoms with Crippen molar-refractivity contribution in [1.29, 1.82) is 0 Å². The smallest absolute Gasteiger partial charge is 0.140 e. The molecule has 0 aliphatic rings. The van der Waals surface area contributed by atoms with Crippen molar-refractivity contribution < 1.29 is 5.11 Å². The van der Waals surface area contributed by atoms with Crippen LogP contribution in [0.15, 0.2) is 60.9 Å². The molecule has 0 spiro atoms. The number of fused-ring (bicyclic) bond motifs is 1. The Bertz CT molecular complexity index is 997. The quantitative estimate of drug-likeness (QED) is 0.434. The van der Waals surface area contributed by atoms with Crippen molar-refractivity contribution in [2.24, 2.45) is 0 Å². The Morgan fingerprint density at radius 2 is 1.92 bits per heavy atom. The Hall–Kier alpha value is -2.92. The molecule has 4 aromatic rings. The fraction of sp³-hybridized carbons (Fsp3) is 0.0526. The van der Waals surface area contributed by atoms with E-state index in [0.29, 0.717) is 12.1 Å². The summed E-state index contributed by atoms with van der Waals surface area (Å²) in [5.74, 6) is 0.0953. The maximum atomic E-state index is 10.2. The summed E-state index contributed by atoms with van der Waals surface area (Å²) in [5, 5.41) is 11.2. The lowest BCUT2D eigenvalue weighted by atomic mass is 10.0. The molecule has 0 saturated heterocycles. The normalized spacial score (nSPS) is 11.0. The monoisotopic (exact) mass is 333 g/mol. The molecule has 2 aromatic heterocycles. The minimum absolute atomic E-state index is 0.0953. The topological polar surface area (TPSA) is 72.0 Å². The highest BCUT2D eigenvalue weighted by molar-refractivity contribution is 7.18. The fourth-order valence-corrected chi connectivity index (χ4v) is 3.81. The molecule has 0 unspecified atom stereocenters. The van der Waals surface area contributed by atoms with Gasteiger partial charge >= 0.3 is 0 Å². The summed E-state index contributed by atoms with van der Waals surface area (Å²) in [6, 6.07) is 15.5. The van der Waals surface area contributed by atoms with Crippen molar-refractivity contribution in [1.82, 2.24) is 9.97 Å². The van der Waals surface area contributed by atoms with E-state index in [1.165, 1.54) is 0 Å². The fourth-order valence-electron chi connectivity index (χ4n) is 2.76. The minimum Gasteiger partial charge on any atom is -0.506 e. The van der Waals surface area contributed by atoms with Crippen LogP contribution in [0.25, 0.3) is 21.3 Å². The summed E-state index contributed by atoms with van der Waals surface area (Å²) in [4.78, 5) is 8.93. The molecular formula is C19H15N3OS. The molecule has 0 aliphatic heterocycles. The van der Waals surface area contributed by atoms with E-state index in [9.17, 15) is 5.11 Å². The first kappa shape index (κ1) is 14.7. The lowest BCUT2D eigenvalue weighted by Gasteiger charge is -2.08. The van der Waals surface area contributed by atoms with Gasteiger partial charge in [-0.1, -0.05) is 36.4 Å². The molecule has 118 valence electrons. The van der Waals surface area contributed by atoms with Gasteiger partial charge in [0.05, 0.1) is 20.9 Å². The van der Waals surface area contributed by atoms with Gasteiger partial charge in [0.1, 0.15) is 5.75 Å². The number of nitrogens with zero attached hydrogens (tertiary/aromatic N) is 2. The number of aromatic hydroxyl groups is 1. The van der Waals surface area contributed by atoms with Crippen molar-refractivity contribution in [3.05, 3.63) is 71.5 Å². The van der Waals surface area contributed by atoms with E-state index < -0.39 is 0 Å². The Labute approximate surface area is 143 Å². The van der Waals surface area contributed by atoms with Crippen molar-refractivity contribution in [3.63, 3.8) is 0 Å². The highest BCUT2D eigenvalue weighted by Gasteiger charge is 2.16. The van der Waals surface area contributed by atoms with E-state index in [1.807, 2.05) is 48.7 Å². The van der Waals surface area contributed by atoms with Gasteiger partial charge in [0.15, 0.2) is 0 Å². The zero-order chi connectivity index (χ0) is 16.5. The van der Waals surface area contributed by atoms with Crippen LogP contribution in [0.5, 0.6) is 5.75 Å². The summed E-state index contributed by atoms with van der Waals surface area (Å²) in [6.07, 6.45) is 4.31. The highest BCUT2D eigenvalue weighted by Crippen LogP contribution is 2.41. The number of pyridine rings is 1. The second-order valence-corrected chi connectivity index (χ2v) is 6.66. The molecule has 0 amide bonds. The molecule has 0 radical (unpaired) electrons. The van der Waals surface area contributed by atoms with E-state index in [4.69, 9.17) is 10.7 Å². The third-order valence-corrected chi connectivity index (χ3v) is 4.89. The number of hydrogen-bond donors (Lipinski definition) is 2. The van der Waals surface area contributed by atoms with Crippen LogP contribution in [-0.2, 0) is 6.42 Å². The SMILES string of the molecule is Nc1c(O)cc2sc(Cc3cccnc3)nc2c1-c1ccccc1. The number of anilines is 1.